The molecule has 0 radical (unpaired) electrons. The van der Waals surface area contributed by atoms with E-state index in [-0.39, 0.29) is 6.04 Å². The van der Waals surface area contributed by atoms with Crippen LogP contribution >= 0.6 is 0 Å². The predicted octanol–water partition coefficient (Wildman–Crippen LogP) is 3.92. The van der Waals surface area contributed by atoms with Gasteiger partial charge in [0.1, 0.15) is 5.76 Å². The molecular weight excluding hydrogens is 222 g/mol. The van der Waals surface area contributed by atoms with Crippen molar-refractivity contribution in [3.05, 3.63) is 72.2 Å². The third-order valence-electron chi connectivity index (χ3n) is 2.86. The Bertz CT molecular complexity index is 459. The maximum Gasteiger partial charge on any atom is 0.125 e. The van der Waals surface area contributed by atoms with Crippen molar-refractivity contribution in [1.82, 2.24) is 5.32 Å². The molecule has 0 bridgehead atoms. The smallest absolute Gasteiger partial charge is 0.125 e. The van der Waals surface area contributed by atoms with Gasteiger partial charge in [-0.2, -0.15) is 0 Å². The average molecular weight is 241 g/mol. The van der Waals surface area contributed by atoms with Crippen LogP contribution in [0.15, 0.2) is 65.3 Å². The lowest BCUT2D eigenvalue weighted by Crippen LogP contribution is -2.22. The zero-order chi connectivity index (χ0) is 12.6. The van der Waals surface area contributed by atoms with Crippen LogP contribution in [0.25, 0.3) is 0 Å². The SMILES string of the molecule is C/C=C/CCNC(c1ccccc1)c1ccco1. The molecule has 2 heteroatoms. The minimum atomic E-state index is 0.131. The molecule has 1 N–H and O–H groups in total. The number of rotatable bonds is 6. The number of nitrogens with one attached hydrogen (secondary N) is 1. The molecule has 1 aromatic carbocycles. The lowest BCUT2D eigenvalue weighted by atomic mass is 10.0. The van der Waals surface area contributed by atoms with E-state index in [9.17, 15) is 0 Å². The van der Waals surface area contributed by atoms with Crippen molar-refractivity contribution in [1.29, 1.82) is 0 Å². The first-order chi connectivity index (χ1) is 8.92. The molecule has 2 nitrogen and oxygen atoms in total. The molecule has 0 spiro atoms. The number of furan rings is 1. The maximum atomic E-state index is 5.53. The van der Waals surface area contributed by atoms with Crippen LogP contribution < -0.4 is 5.32 Å². The summed E-state index contributed by atoms with van der Waals surface area (Å²) >= 11 is 0. The van der Waals surface area contributed by atoms with E-state index in [1.165, 1.54) is 5.56 Å². The Labute approximate surface area is 108 Å². The van der Waals surface area contributed by atoms with E-state index in [0.717, 1.165) is 18.7 Å². The van der Waals surface area contributed by atoms with Gasteiger partial charge in [-0.05, 0) is 37.6 Å². The number of hydrogen-bond acceptors (Lipinski definition) is 2. The first-order valence-corrected chi connectivity index (χ1v) is 6.34. The van der Waals surface area contributed by atoms with Crippen molar-refractivity contribution >= 4 is 0 Å². The third kappa shape index (κ3) is 3.34. The first kappa shape index (κ1) is 12.7. The Kier molecular flexibility index (Phi) is 4.79. The highest BCUT2D eigenvalue weighted by Crippen LogP contribution is 2.22. The van der Waals surface area contributed by atoms with Gasteiger partial charge in [0.25, 0.3) is 0 Å². The van der Waals surface area contributed by atoms with Crippen LogP contribution in [0, 0.1) is 0 Å². The number of allylic oxidation sites excluding steroid dienone is 1. The van der Waals surface area contributed by atoms with E-state index in [1.807, 2.05) is 25.1 Å². The summed E-state index contributed by atoms with van der Waals surface area (Å²) in [6, 6.07) is 14.5. The summed E-state index contributed by atoms with van der Waals surface area (Å²) in [7, 11) is 0. The predicted molar refractivity (Wildman–Crippen MR) is 74.4 cm³/mol. The largest absolute Gasteiger partial charge is 0.467 e. The Morgan fingerprint density at radius 1 is 1.17 bits per heavy atom. The molecule has 1 aromatic heterocycles. The zero-order valence-electron chi connectivity index (χ0n) is 10.7. The fraction of sp³-hybridized carbons (Fsp3) is 0.250. The van der Waals surface area contributed by atoms with Crippen LogP contribution in [0.3, 0.4) is 0 Å². The van der Waals surface area contributed by atoms with Crippen molar-refractivity contribution in [2.45, 2.75) is 19.4 Å². The van der Waals surface area contributed by atoms with E-state index >= 15 is 0 Å². The van der Waals surface area contributed by atoms with E-state index in [1.54, 1.807) is 6.26 Å². The van der Waals surface area contributed by atoms with Gasteiger partial charge < -0.3 is 9.73 Å². The molecule has 1 heterocycles. The molecule has 0 amide bonds. The lowest BCUT2D eigenvalue weighted by Gasteiger charge is -2.16. The maximum absolute atomic E-state index is 5.53. The fourth-order valence-electron chi connectivity index (χ4n) is 1.96. The molecule has 2 rings (SSSR count). The summed E-state index contributed by atoms with van der Waals surface area (Å²) < 4.78 is 5.53. The van der Waals surface area contributed by atoms with Crippen molar-refractivity contribution in [3.63, 3.8) is 0 Å². The first-order valence-electron chi connectivity index (χ1n) is 6.34. The molecule has 0 saturated heterocycles. The Hall–Kier alpha value is -1.80. The van der Waals surface area contributed by atoms with Crippen molar-refractivity contribution < 1.29 is 4.42 Å². The van der Waals surface area contributed by atoms with E-state index in [0.29, 0.717) is 0 Å². The second-order valence-corrected chi connectivity index (χ2v) is 4.17. The molecule has 0 aliphatic carbocycles. The van der Waals surface area contributed by atoms with Crippen LogP contribution in [-0.4, -0.2) is 6.54 Å². The van der Waals surface area contributed by atoms with Gasteiger partial charge in [0.05, 0.1) is 12.3 Å². The van der Waals surface area contributed by atoms with Crippen molar-refractivity contribution in [2.75, 3.05) is 6.54 Å². The van der Waals surface area contributed by atoms with Gasteiger partial charge in [-0.1, -0.05) is 42.5 Å². The average Bonchev–Trinajstić information content (AvgIpc) is 2.94. The highest BCUT2D eigenvalue weighted by molar-refractivity contribution is 5.26. The molecule has 94 valence electrons. The van der Waals surface area contributed by atoms with Gasteiger partial charge >= 0.3 is 0 Å². The molecule has 18 heavy (non-hydrogen) atoms. The van der Waals surface area contributed by atoms with Gasteiger partial charge in [-0.15, -0.1) is 0 Å². The van der Waals surface area contributed by atoms with Gasteiger partial charge in [0.15, 0.2) is 0 Å². The van der Waals surface area contributed by atoms with Gasteiger partial charge in [0, 0.05) is 0 Å². The normalized spacial score (nSPS) is 12.9. The summed E-state index contributed by atoms with van der Waals surface area (Å²) in [5, 5.41) is 3.53. The minimum absolute atomic E-state index is 0.131. The standard InChI is InChI=1S/C16H19NO/c1-2-3-7-12-17-16(15-11-8-13-18-15)14-9-5-4-6-10-14/h2-6,8-11,13,16-17H,7,12H2,1H3/b3-2+. The topological polar surface area (TPSA) is 25.2 Å². The molecule has 0 aliphatic heterocycles. The molecular formula is C16H19NO. The summed E-state index contributed by atoms with van der Waals surface area (Å²) in [6.07, 6.45) is 6.99. The highest BCUT2D eigenvalue weighted by Gasteiger charge is 2.15. The molecule has 1 unspecified atom stereocenters. The van der Waals surface area contributed by atoms with E-state index < -0.39 is 0 Å². The van der Waals surface area contributed by atoms with Crippen LogP contribution in [0.2, 0.25) is 0 Å². The Morgan fingerprint density at radius 2 is 2.00 bits per heavy atom. The number of hydrogen-bond donors (Lipinski definition) is 1. The van der Waals surface area contributed by atoms with E-state index in [4.69, 9.17) is 4.42 Å². The Morgan fingerprint density at radius 3 is 2.67 bits per heavy atom. The third-order valence-corrected chi connectivity index (χ3v) is 2.86. The fourth-order valence-corrected chi connectivity index (χ4v) is 1.96. The molecule has 1 atom stereocenters. The second-order valence-electron chi connectivity index (χ2n) is 4.17. The van der Waals surface area contributed by atoms with Gasteiger partial charge in [-0.3, -0.25) is 0 Å². The number of benzene rings is 1. The molecule has 0 aliphatic rings. The van der Waals surface area contributed by atoms with Crippen molar-refractivity contribution in [2.24, 2.45) is 0 Å². The molecule has 0 saturated carbocycles. The second kappa shape index (κ2) is 6.82. The van der Waals surface area contributed by atoms with Gasteiger partial charge in [-0.25, -0.2) is 0 Å². The van der Waals surface area contributed by atoms with Crippen LogP contribution in [-0.2, 0) is 0 Å². The monoisotopic (exact) mass is 241 g/mol. The van der Waals surface area contributed by atoms with Crippen LogP contribution in [0.5, 0.6) is 0 Å². The summed E-state index contributed by atoms with van der Waals surface area (Å²) in [6.45, 7) is 2.98. The van der Waals surface area contributed by atoms with Crippen molar-refractivity contribution in [3.8, 4) is 0 Å². The highest BCUT2D eigenvalue weighted by atomic mass is 16.3. The van der Waals surface area contributed by atoms with Crippen LogP contribution in [0.1, 0.15) is 30.7 Å². The lowest BCUT2D eigenvalue weighted by molar-refractivity contribution is 0.449. The van der Waals surface area contributed by atoms with E-state index in [2.05, 4.69) is 41.7 Å². The minimum Gasteiger partial charge on any atom is -0.467 e. The summed E-state index contributed by atoms with van der Waals surface area (Å²) in [5.74, 6) is 0.960. The van der Waals surface area contributed by atoms with Gasteiger partial charge in [0.2, 0.25) is 0 Å². The summed E-state index contributed by atoms with van der Waals surface area (Å²) in [4.78, 5) is 0. The zero-order valence-corrected chi connectivity index (χ0v) is 10.7. The summed E-state index contributed by atoms with van der Waals surface area (Å²) in [5.41, 5.74) is 1.23. The molecule has 0 fully saturated rings. The van der Waals surface area contributed by atoms with Crippen LogP contribution in [0.4, 0.5) is 0 Å². The Balaban J connectivity index is 2.09. The molecule has 2 aromatic rings. The quantitative estimate of drug-likeness (QED) is 0.612.